The molecule has 0 spiro atoms. The van der Waals surface area contributed by atoms with E-state index in [0.29, 0.717) is 17.5 Å². The van der Waals surface area contributed by atoms with Crippen molar-refractivity contribution >= 4 is 38.2 Å². The number of likely N-dealkylation sites (tertiary alicyclic amines) is 1. The van der Waals surface area contributed by atoms with Crippen LogP contribution in [0.4, 0.5) is 14.5 Å². The zero-order chi connectivity index (χ0) is 26.7. The van der Waals surface area contributed by atoms with E-state index < -0.39 is 15.8 Å². The highest BCUT2D eigenvalue weighted by Gasteiger charge is 2.30. The lowest BCUT2D eigenvalue weighted by Gasteiger charge is -2.45. The topological polar surface area (TPSA) is 31.2 Å². The number of rotatable bonds is 8. The van der Waals surface area contributed by atoms with Crippen molar-refractivity contribution in [3.05, 3.63) is 65.2 Å². The third kappa shape index (κ3) is 6.04. The Labute approximate surface area is 227 Å². The van der Waals surface area contributed by atoms with Crippen LogP contribution in [0.25, 0.3) is 0 Å². The fraction of sp³-hybridized carbons (Fsp3) is 0.484. The number of benzene rings is 2. The summed E-state index contributed by atoms with van der Waals surface area (Å²) in [6.45, 7) is 5.13. The quantitative estimate of drug-likeness (QED) is 0.333. The van der Waals surface area contributed by atoms with Crippen LogP contribution in [-0.2, 0) is 6.54 Å². The smallest absolute Gasteiger partial charge is 0.278 e. The lowest BCUT2D eigenvalue weighted by atomic mass is 9.93. The van der Waals surface area contributed by atoms with E-state index in [4.69, 9.17) is 11.7 Å². The lowest BCUT2D eigenvalue weighted by Crippen LogP contribution is -2.44. The molecule has 7 heteroatoms. The number of hydrogen-bond donors (Lipinski definition) is 0. The molecule has 1 aliphatic carbocycles. The van der Waals surface area contributed by atoms with Crippen LogP contribution in [0.3, 0.4) is 0 Å². The van der Waals surface area contributed by atoms with Crippen molar-refractivity contribution in [2.24, 2.45) is 10.2 Å². The molecule has 4 nitrogen and oxygen atoms in total. The van der Waals surface area contributed by atoms with E-state index >= 15 is 0 Å². The summed E-state index contributed by atoms with van der Waals surface area (Å²) in [5.74, 6) is 9.63. The third-order valence-electron chi connectivity index (χ3n) is 8.43. The summed E-state index contributed by atoms with van der Waals surface area (Å²) < 4.78 is 28.4. The van der Waals surface area contributed by atoms with Gasteiger partial charge in [-0.1, -0.05) is 67.4 Å². The van der Waals surface area contributed by atoms with Crippen LogP contribution >= 0.6 is 9.39 Å². The van der Waals surface area contributed by atoms with Crippen LogP contribution in [0.1, 0.15) is 68.1 Å². The molecule has 0 aromatic heterocycles. The molecule has 0 bridgehead atoms. The zero-order valence-electron chi connectivity index (χ0n) is 22.5. The minimum Gasteiger partial charge on any atom is -0.323 e. The summed E-state index contributed by atoms with van der Waals surface area (Å²) in [5.41, 5.74) is 4.81. The third-order valence-corrected chi connectivity index (χ3v) is 11.4. The molecule has 2 aliphatic heterocycles. The molecular weight excluding hydrogens is 498 g/mol. The molecule has 0 amide bonds. The van der Waals surface area contributed by atoms with Gasteiger partial charge < -0.3 is 9.21 Å². The van der Waals surface area contributed by atoms with Gasteiger partial charge in [0.15, 0.2) is 0 Å². The van der Waals surface area contributed by atoms with Crippen LogP contribution in [-0.4, -0.2) is 58.9 Å². The Bertz CT molecular complexity index is 1270. The maximum atomic E-state index is 13.0. The van der Waals surface area contributed by atoms with Gasteiger partial charge in [-0.15, -0.1) is 9.39 Å². The molecule has 0 unspecified atom stereocenters. The SMILES string of the molecule is C=S(=C)(C1CCN(C2CCCCC2)CC1)N(Cc1ccc(C2=NN=C(C(F)F)C2)cc1)c1cccc(C)c1. The van der Waals surface area contributed by atoms with Gasteiger partial charge >= 0.3 is 0 Å². The molecule has 3 aliphatic rings. The van der Waals surface area contributed by atoms with Crippen molar-refractivity contribution in [2.45, 2.75) is 82.6 Å². The van der Waals surface area contributed by atoms with Crippen molar-refractivity contribution in [1.82, 2.24) is 4.90 Å². The molecule has 2 fully saturated rings. The second kappa shape index (κ2) is 11.7. The van der Waals surface area contributed by atoms with E-state index in [1.54, 1.807) is 0 Å². The number of alkyl halides is 2. The Morgan fingerprint density at radius 3 is 2.32 bits per heavy atom. The van der Waals surface area contributed by atoms with Gasteiger partial charge in [0.05, 0.1) is 12.3 Å². The number of piperidine rings is 1. The summed E-state index contributed by atoms with van der Waals surface area (Å²) in [5, 5.41) is 8.12. The highest BCUT2D eigenvalue weighted by Crippen LogP contribution is 2.43. The van der Waals surface area contributed by atoms with Crippen molar-refractivity contribution in [3.63, 3.8) is 0 Å². The number of anilines is 1. The molecule has 204 valence electrons. The average Bonchev–Trinajstić information content (AvgIpc) is 3.43. The van der Waals surface area contributed by atoms with E-state index in [9.17, 15) is 8.78 Å². The van der Waals surface area contributed by atoms with Crippen LogP contribution in [0.15, 0.2) is 58.7 Å². The molecular formula is C31H40F2N4S. The van der Waals surface area contributed by atoms with Gasteiger partial charge in [0.2, 0.25) is 0 Å². The van der Waals surface area contributed by atoms with Gasteiger partial charge in [0.25, 0.3) is 6.43 Å². The number of nitrogens with zero attached hydrogens (tertiary/aromatic N) is 4. The first-order chi connectivity index (χ1) is 18.3. The Morgan fingerprint density at radius 1 is 0.974 bits per heavy atom. The fourth-order valence-electron chi connectivity index (χ4n) is 6.13. The zero-order valence-corrected chi connectivity index (χ0v) is 23.3. The number of halogens is 2. The Kier molecular flexibility index (Phi) is 8.34. The molecule has 1 saturated heterocycles. The standard InChI is InChI=1S/C31H40F2N4S/c1-23-8-7-11-27(20-23)37(22-24-12-14-25(15-13-24)29-21-30(31(32)33)35-34-29)38(2,3)28-16-18-36(19-17-28)26-9-5-4-6-10-26/h7-8,11-15,20,26,28,31H,2-6,9-10,16-19,21-22H2,1H3. The van der Waals surface area contributed by atoms with Gasteiger partial charge in [-0.25, -0.2) is 8.78 Å². The van der Waals surface area contributed by atoms with Gasteiger partial charge in [0.1, 0.15) is 5.71 Å². The van der Waals surface area contributed by atoms with Gasteiger partial charge in [-0.05, 0) is 74.5 Å². The Morgan fingerprint density at radius 2 is 1.68 bits per heavy atom. The Hall–Kier alpha value is -2.51. The molecule has 2 heterocycles. The van der Waals surface area contributed by atoms with E-state index in [2.05, 4.69) is 62.7 Å². The largest absolute Gasteiger partial charge is 0.323 e. The van der Waals surface area contributed by atoms with Crippen LogP contribution in [0.2, 0.25) is 0 Å². The second-order valence-corrected chi connectivity index (χ2v) is 14.0. The van der Waals surface area contributed by atoms with E-state index in [1.807, 2.05) is 12.1 Å². The molecule has 0 N–H and O–H groups in total. The highest BCUT2D eigenvalue weighted by atomic mass is 32.2. The van der Waals surface area contributed by atoms with Crippen LogP contribution < -0.4 is 4.31 Å². The molecule has 2 aromatic rings. The number of aryl methyl sites for hydroxylation is 1. The second-order valence-electron chi connectivity index (χ2n) is 11.1. The minimum atomic E-state index is -2.56. The summed E-state index contributed by atoms with van der Waals surface area (Å²) in [6.07, 6.45) is 6.68. The first kappa shape index (κ1) is 27.1. The van der Waals surface area contributed by atoms with Crippen LogP contribution in [0.5, 0.6) is 0 Å². The van der Waals surface area contributed by atoms with E-state index in [0.717, 1.165) is 43.1 Å². The van der Waals surface area contributed by atoms with Gasteiger partial charge in [-0.2, -0.15) is 10.2 Å². The molecule has 1 saturated carbocycles. The van der Waals surface area contributed by atoms with Crippen molar-refractivity contribution in [2.75, 3.05) is 17.4 Å². The molecule has 0 radical (unpaired) electrons. The summed E-state index contributed by atoms with van der Waals surface area (Å²) in [7, 11) is -1.61. The van der Waals surface area contributed by atoms with E-state index in [1.165, 1.54) is 43.4 Å². The average molecular weight is 539 g/mol. The molecule has 38 heavy (non-hydrogen) atoms. The van der Waals surface area contributed by atoms with Gasteiger partial charge in [-0.3, -0.25) is 0 Å². The summed E-state index contributed by atoms with van der Waals surface area (Å²) >= 11 is 0. The maximum absolute atomic E-state index is 13.0. The highest BCUT2D eigenvalue weighted by molar-refractivity contribution is 8.29. The summed E-state index contributed by atoms with van der Waals surface area (Å²) in [4.78, 5) is 2.73. The fourth-order valence-corrected chi connectivity index (χ4v) is 8.52. The monoisotopic (exact) mass is 538 g/mol. The maximum Gasteiger partial charge on any atom is 0.278 e. The van der Waals surface area contributed by atoms with Crippen molar-refractivity contribution in [1.29, 1.82) is 0 Å². The van der Waals surface area contributed by atoms with Gasteiger partial charge in [0, 0.05) is 23.4 Å². The minimum absolute atomic E-state index is 0.108. The van der Waals surface area contributed by atoms with Crippen molar-refractivity contribution in [3.8, 4) is 0 Å². The molecule has 0 atom stereocenters. The molecule has 5 rings (SSSR count). The normalized spacial score (nSPS) is 20.0. The Balaban J connectivity index is 1.32. The van der Waals surface area contributed by atoms with E-state index in [-0.39, 0.29) is 12.1 Å². The lowest BCUT2D eigenvalue weighted by molar-refractivity contribution is 0.133. The predicted molar refractivity (Wildman–Crippen MR) is 162 cm³/mol. The van der Waals surface area contributed by atoms with Crippen molar-refractivity contribution < 1.29 is 8.78 Å². The summed E-state index contributed by atoms with van der Waals surface area (Å²) in [6, 6.07) is 17.5. The first-order valence-electron chi connectivity index (χ1n) is 13.9. The predicted octanol–water partition coefficient (Wildman–Crippen LogP) is 7.20. The molecule has 2 aromatic carbocycles. The van der Waals surface area contributed by atoms with Crippen LogP contribution in [0, 0.1) is 6.92 Å². The first-order valence-corrected chi connectivity index (χ1v) is 15.9. The number of hydrogen-bond acceptors (Lipinski definition) is 4.